The summed E-state index contributed by atoms with van der Waals surface area (Å²) in [4.78, 5) is 51.2. The summed E-state index contributed by atoms with van der Waals surface area (Å²) in [5.74, 6) is 0.877. The Labute approximate surface area is 865 Å². The predicted molar refractivity (Wildman–Crippen MR) is 613 cm³/mol. The van der Waals surface area contributed by atoms with Gasteiger partial charge in [0, 0.05) is 138 Å². The SMILES string of the molecule is CCCCCCCCc1cc(-c2cc3sc(/C=C(\C#N)C(=O)OCC(CC)CCCC)cc3s2)sc1-c1cc(CCCCCCCC)c(-c2cc3c(-c4ccc(CC(CC)CCCC)s4)c4sc(-c5sc(-c6sc(-c7cc8sc(/C=C(\C#N)C(=O)OCC(CC)CCCC)cc8s7)cc6CCCCCCCC)cc5CCCCCCCC)cc4c(-c4ccc(CC(CC)CCCC)s4)c3s2)s1. The first kappa shape index (κ1) is 107. The number of thiophene rings is 12. The molecule has 136 heavy (non-hydrogen) atoms. The Balaban J connectivity index is 0.963. The van der Waals surface area contributed by atoms with Gasteiger partial charge in [0.25, 0.3) is 0 Å². The first-order valence-electron chi connectivity index (χ1n) is 53.0. The van der Waals surface area contributed by atoms with Crippen LogP contribution in [0.4, 0.5) is 0 Å². The molecule has 0 spiro atoms. The van der Waals surface area contributed by atoms with Crippen LogP contribution in [0.15, 0.2) is 96.1 Å². The molecule has 0 saturated heterocycles. The minimum absolute atomic E-state index is 0.0631. The van der Waals surface area contributed by atoms with Gasteiger partial charge >= 0.3 is 11.9 Å². The highest BCUT2D eigenvalue weighted by Crippen LogP contribution is 2.59. The van der Waals surface area contributed by atoms with Gasteiger partial charge in [0.2, 0.25) is 0 Å². The van der Waals surface area contributed by atoms with Gasteiger partial charge in [0.15, 0.2) is 0 Å². The zero-order chi connectivity index (χ0) is 95.7. The van der Waals surface area contributed by atoms with Crippen LogP contribution in [0, 0.1) is 46.3 Å². The van der Waals surface area contributed by atoms with E-state index in [0.717, 1.165) is 99.6 Å². The number of carbonyl (C=O) groups is 2. The first-order chi connectivity index (χ1) is 66.6. The van der Waals surface area contributed by atoms with Crippen LogP contribution in [0.5, 0.6) is 0 Å². The van der Waals surface area contributed by atoms with Crippen molar-refractivity contribution in [2.45, 2.75) is 378 Å². The Kier molecular flexibility index (Phi) is 44.4. The van der Waals surface area contributed by atoms with E-state index >= 15 is 0 Å². The van der Waals surface area contributed by atoms with Crippen LogP contribution in [0.1, 0.15) is 382 Å². The molecule has 0 aliphatic carbocycles. The van der Waals surface area contributed by atoms with Crippen LogP contribution in [0.25, 0.3) is 131 Å². The lowest BCUT2D eigenvalue weighted by atomic mass is 9.95. The molecule has 12 heterocycles. The summed E-state index contributed by atoms with van der Waals surface area (Å²) < 4.78 is 19.2. The molecule has 730 valence electrons. The van der Waals surface area contributed by atoms with Crippen molar-refractivity contribution < 1.29 is 19.1 Å². The maximum Gasteiger partial charge on any atom is 0.348 e. The first-order valence-corrected chi connectivity index (χ1v) is 62.8. The molecular weight excluding hydrogens is 1890 g/mol. The van der Waals surface area contributed by atoms with E-state index in [1.165, 1.54) is 356 Å². The predicted octanol–water partition coefficient (Wildman–Crippen LogP) is 42.8. The van der Waals surface area contributed by atoms with E-state index in [-0.39, 0.29) is 11.1 Å². The Hall–Kier alpha value is -5.94. The molecule has 13 aromatic rings. The van der Waals surface area contributed by atoms with Gasteiger partial charge in [-0.1, -0.05) is 301 Å². The van der Waals surface area contributed by atoms with Gasteiger partial charge in [-0.05, 0) is 220 Å². The number of fused-ring (bicyclic) bond motifs is 4. The van der Waals surface area contributed by atoms with Crippen molar-refractivity contribution >= 4 is 199 Å². The largest absolute Gasteiger partial charge is 0.461 e. The number of unbranched alkanes of at least 4 members (excludes halogenated alkanes) is 24. The van der Waals surface area contributed by atoms with Crippen LogP contribution in [0.2, 0.25) is 0 Å². The number of aryl methyl sites for hydroxylation is 4. The lowest BCUT2D eigenvalue weighted by molar-refractivity contribution is -0.140. The molecule has 18 heteroatoms. The second-order valence-electron chi connectivity index (χ2n) is 38.5. The van der Waals surface area contributed by atoms with Crippen LogP contribution < -0.4 is 0 Å². The highest BCUT2D eigenvalue weighted by molar-refractivity contribution is 7.35. The van der Waals surface area contributed by atoms with Gasteiger partial charge in [-0.3, -0.25) is 0 Å². The molecule has 0 N–H and O–H groups in total. The average molecular weight is 2050 g/mol. The summed E-state index contributed by atoms with van der Waals surface area (Å²) in [5, 5.41) is 23.5. The molecule has 0 aliphatic heterocycles. The third-order valence-electron chi connectivity index (χ3n) is 27.8. The lowest BCUT2D eigenvalue weighted by Gasteiger charge is -2.14. The molecule has 0 saturated carbocycles. The maximum absolute atomic E-state index is 13.5. The number of hydrogen-bond acceptors (Lipinski definition) is 18. The topological polar surface area (TPSA) is 100 Å². The molecular formula is C118H152N2O4S12. The summed E-state index contributed by atoms with van der Waals surface area (Å²) in [5.41, 5.74) is 8.94. The van der Waals surface area contributed by atoms with Gasteiger partial charge in [0.05, 0.1) is 13.2 Å². The smallest absolute Gasteiger partial charge is 0.348 e. The number of nitriles is 2. The van der Waals surface area contributed by atoms with Crippen LogP contribution in [-0.4, -0.2) is 25.2 Å². The van der Waals surface area contributed by atoms with Crippen molar-refractivity contribution in [2.75, 3.05) is 13.2 Å². The Morgan fingerprint density at radius 3 is 0.897 bits per heavy atom. The minimum atomic E-state index is -0.525. The molecule has 0 fully saturated rings. The summed E-state index contributed by atoms with van der Waals surface area (Å²) in [6.07, 6.45) is 58.4. The number of benzene rings is 1. The number of rotatable bonds is 64. The normalized spacial score (nSPS) is 13.1. The third kappa shape index (κ3) is 29.2. The van der Waals surface area contributed by atoms with Gasteiger partial charge in [-0.25, -0.2) is 9.59 Å². The second kappa shape index (κ2) is 56.2. The van der Waals surface area contributed by atoms with Crippen molar-refractivity contribution in [2.24, 2.45) is 23.7 Å². The van der Waals surface area contributed by atoms with E-state index < -0.39 is 11.9 Å². The molecule has 13 rings (SSSR count). The molecule has 4 unspecified atom stereocenters. The molecule has 0 bridgehead atoms. The molecule has 0 radical (unpaired) electrons. The van der Waals surface area contributed by atoms with Crippen molar-refractivity contribution in [3.63, 3.8) is 0 Å². The quantitative estimate of drug-likeness (QED) is 0.0163. The summed E-state index contributed by atoms with van der Waals surface area (Å²) in [6.45, 7) is 28.3. The van der Waals surface area contributed by atoms with Crippen molar-refractivity contribution in [1.29, 1.82) is 10.5 Å². The number of ether oxygens (including phenoxy) is 2. The van der Waals surface area contributed by atoms with Gasteiger partial charge in [-0.15, -0.1) is 136 Å². The van der Waals surface area contributed by atoms with E-state index in [0.29, 0.717) is 36.9 Å². The fourth-order valence-electron chi connectivity index (χ4n) is 19.3. The molecule has 0 amide bonds. The van der Waals surface area contributed by atoms with Gasteiger partial charge < -0.3 is 9.47 Å². The molecule has 4 atom stereocenters. The van der Waals surface area contributed by atoms with E-state index in [4.69, 9.17) is 9.47 Å². The standard InChI is InChI=1S/C118H152N2O4S12/c1-13-25-33-37-41-45-53-83-65-97(103-73-101-99(129-103)69-91(127-101)63-87(75-119)117(121)123-77-81(23-11)51-31-19-7)131-111(83)105-67-85(55-47-43-39-35-27-15-3)113(133-105)107-71-93-109(95-59-57-89(125-95)61-79(21-9)49-29-17-5)116-94(110(115(93)135-107)96-60-58-90(126-96)62-80(22-10)50-30-18-6)72-108(136-116)114-86(56-48-44-40-36-28-16-4)68-106(134-114)112-84(54-46-42-38-34-26-14-2)66-98(132-112)104-74-102-100(130-104)70-92(128-102)64-88(76-120)118(122)124-78-82(24-12)52-32-20-8/h57-60,63-74,79-82H,13-56,61-62,77-78H2,1-12H3/b87-63+,88-64+. The number of esters is 2. The average Bonchev–Trinajstić information content (AvgIpc) is 1.55. The van der Waals surface area contributed by atoms with E-state index in [9.17, 15) is 20.1 Å². The fraction of sp³-hybridized carbons (Fsp3) is 0.542. The number of nitrogens with zero attached hydrogens (tertiary/aromatic N) is 2. The van der Waals surface area contributed by atoms with Crippen molar-refractivity contribution in [3.05, 3.63) is 138 Å². The summed E-state index contributed by atoms with van der Waals surface area (Å²) in [6, 6.07) is 39.5. The monoisotopic (exact) mass is 2040 g/mol. The second-order valence-corrected chi connectivity index (χ2v) is 51.6. The van der Waals surface area contributed by atoms with Crippen LogP contribution in [-0.2, 0) is 57.6 Å². The van der Waals surface area contributed by atoms with Crippen molar-refractivity contribution in [1.82, 2.24) is 0 Å². The molecule has 1 aromatic carbocycles. The lowest BCUT2D eigenvalue weighted by Crippen LogP contribution is -2.14. The minimum Gasteiger partial charge on any atom is -0.461 e. The highest BCUT2D eigenvalue weighted by atomic mass is 32.1. The van der Waals surface area contributed by atoms with Crippen molar-refractivity contribution in [3.8, 4) is 91.5 Å². The maximum atomic E-state index is 13.5. The number of hydrogen-bond donors (Lipinski definition) is 0. The Morgan fingerprint density at radius 1 is 0.294 bits per heavy atom. The van der Waals surface area contributed by atoms with Gasteiger partial charge in [-0.2, -0.15) is 10.5 Å². The molecule has 12 aromatic heterocycles. The number of carbonyl (C=O) groups excluding carboxylic acids is 2. The van der Waals surface area contributed by atoms with E-state index in [1.807, 2.05) is 45.3 Å². The molecule has 6 nitrogen and oxygen atoms in total. The van der Waals surface area contributed by atoms with Gasteiger partial charge in [0.1, 0.15) is 23.3 Å². The zero-order valence-corrected chi connectivity index (χ0v) is 93.7. The van der Waals surface area contributed by atoms with Crippen LogP contribution in [0.3, 0.4) is 0 Å². The Bertz CT molecular complexity index is 5570. The summed E-state index contributed by atoms with van der Waals surface area (Å²) >= 11 is 23.5. The highest BCUT2D eigenvalue weighted by Gasteiger charge is 2.31. The fourth-order valence-corrected chi connectivity index (χ4v) is 34.5. The summed E-state index contributed by atoms with van der Waals surface area (Å²) in [7, 11) is 0. The molecule has 0 aliphatic rings. The Morgan fingerprint density at radius 2 is 0.581 bits per heavy atom. The van der Waals surface area contributed by atoms with Crippen LogP contribution >= 0.6 is 136 Å². The third-order valence-corrected chi connectivity index (χ3v) is 42.7. The zero-order valence-electron chi connectivity index (χ0n) is 83.9. The van der Waals surface area contributed by atoms with E-state index in [1.54, 1.807) is 34.8 Å². The van der Waals surface area contributed by atoms with E-state index in [2.05, 4.69) is 248 Å².